The summed E-state index contributed by atoms with van der Waals surface area (Å²) in [6.45, 7) is 7.52. The van der Waals surface area contributed by atoms with E-state index in [1.165, 1.54) is 25.7 Å². The molecule has 0 aromatic carbocycles. The number of morpholine rings is 1. The largest absolute Gasteiger partial charge is 0.375 e. The number of hydrogen-bond donors (Lipinski definition) is 1. The normalized spacial score (nSPS) is 35.4. The summed E-state index contributed by atoms with van der Waals surface area (Å²) in [4.78, 5) is 2.63. The van der Waals surface area contributed by atoms with Crippen molar-refractivity contribution in [1.82, 2.24) is 4.90 Å². The molecule has 4 atom stereocenters. The van der Waals surface area contributed by atoms with Gasteiger partial charge in [-0.3, -0.25) is 4.90 Å². The van der Waals surface area contributed by atoms with E-state index in [2.05, 4.69) is 18.7 Å². The highest BCUT2D eigenvalue weighted by atomic mass is 16.5. The van der Waals surface area contributed by atoms with Crippen molar-refractivity contribution < 1.29 is 4.74 Å². The van der Waals surface area contributed by atoms with Crippen LogP contribution in [0.3, 0.4) is 0 Å². The predicted molar refractivity (Wildman–Crippen MR) is 66.4 cm³/mol. The summed E-state index contributed by atoms with van der Waals surface area (Å²) in [6.07, 6.45) is 5.79. The molecular weight excluding hydrogens is 200 g/mol. The fraction of sp³-hybridized carbons (Fsp3) is 1.00. The molecule has 4 unspecified atom stereocenters. The first-order chi connectivity index (χ1) is 7.68. The van der Waals surface area contributed by atoms with E-state index in [4.69, 9.17) is 10.5 Å². The molecule has 3 nitrogen and oxygen atoms in total. The van der Waals surface area contributed by atoms with Crippen LogP contribution in [0.1, 0.15) is 39.5 Å². The number of fused-ring (bicyclic) bond motifs is 1. The van der Waals surface area contributed by atoms with E-state index in [0.717, 1.165) is 19.7 Å². The van der Waals surface area contributed by atoms with Crippen LogP contribution in [0.4, 0.5) is 0 Å². The van der Waals surface area contributed by atoms with E-state index in [1.807, 2.05) is 0 Å². The molecule has 0 bridgehead atoms. The molecule has 1 saturated heterocycles. The highest BCUT2D eigenvalue weighted by Crippen LogP contribution is 2.28. The van der Waals surface area contributed by atoms with E-state index < -0.39 is 0 Å². The summed E-state index contributed by atoms with van der Waals surface area (Å²) < 4.78 is 5.88. The Balaban J connectivity index is 1.92. The number of rotatable bonds is 3. The first-order valence-corrected chi connectivity index (χ1v) is 6.79. The Labute approximate surface area is 99.3 Å². The lowest BCUT2D eigenvalue weighted by atomic mass is 9.89. The zero-order chi connectivity index (χ0) is 11.5. The maximum atomic E-state index is 5.96. The van der Waals surface area contributed by atoms with Crippen molar-refractivity contribution in [3.63, 3.8) is 0 Å². The van der Waals surface area contributed by atoms with Crippen molar-refractivity contribution in [2.45, 2.75) is 57.7 Å². The highest BCUT2D eigenvalue weighted by Gasteiger charge is 2.34. The topological polar surface area (TPSA) is 38.5 Å². The summed E-state index contributed by atoms with van der Waals surface area (Å²) in [5.74, 6) is 0.584. The Kier molecular flexibility index (Phi) is 4.22. The van der Waals surface area contributed by atoms with Crippen molar-refractivity contribution in [3.05, 3.63) is 0 Å². The molecule has 16 heavy (non-hydrogen) atoms. The minimum absolute atomic E-state index is 0.296. The molecule has 2 N–H and O–H groups in total. The fourth-order valence-corrected chi connectivity index (χ4v) is 2.94. The van der Waals surface area contributed by atoms with Gasteiger partial charge in [0.1, 0.15) is 0 Å². The molecular formula is C13H26N2O. The van der Waals surface area contributed by atoms with Crippen LogP contribution < -0.4 is 5.73 Å². The first-order valence-electron chi connectivity index (χ1n) is 6.79. The monoisotopic (exact) mass is 226 g/mol. The maximum absolute atomic E-state index is 5.96. The van der Waals surface area contributed by atoms with Gasteiger partial charge in [0, 0.05) is 25.2 Å². The molecule has 1 aliphatic carbocycles. The van der Waals surface area contributed by atoms with Crippen LogP contribution in [0.2, 0.25) is 0 Å². The van der Waals surface area contributed by atoms with Gasteiger partial charge in [0.25, 0.3) is 0 Å². The zero-order valence-electron chi connectivity index (χ0n) is 10.7. The van der Waals surface area contributed by atoms with Crippen LogP contribution >= 0.6 is 0 Å². The third-order valence-corrected chi connectivity index (χ3v) is 4.27. The van der Waals surface area contributed by atoms with Gasteiger partial charge < -0.3 is 10.5 Å². The Morgan fingerprint density at radius 3 is 2.81 bits per heavy atom. The Hall–Kier alpha value is -0.120. The lowest BCUT2D eigenvalue weighted by Crippen LogP contribution is -2.54. The fourth-order valence-electron chi connectivity index (χ4n) is 2.94. The van der Waals surface area contributed by atoms with Crippen LogP contribution in [-0.4, -0.2) is 42.8 Å². The lowest BCUT2D eigenvalue weighted by Gasteiger charge is -2.45. The number of hydrogen-bond acceptors (Lipinski definition) is 3. The van der Waals surface area contributed by atoms with Gasteiger partial charge in [-0.1, -0.05) is 19.8 Å². The van der Waals surface area contributed by atoms with Crippen LogP contribution in [0.25, 0.3) is 0 Å². The van der Waals surface area contributed by atoms with Crippen molar-refractivity contribution >= 4 is 0 Å². The second kappa shape index (κ2) is 5.48. The zero-order valence-corrected chi connectivity index (χ0v) is 10.7. The van der Waals surface area contributed by atoms with Crippen LogP contribution in [0, 0.1) is 5.92 Å². The quantitative estimate of drug-likeness (QED) is 0.794. The van der Waals surface area contributed by atoms with E-state index in [1.54, 1.807) is 0 Å². The predicted octanol–water partition coefficient (Wildman–Crippen LogP) is 1.61. The first kappa shape index (κ1) is 12.3. The molecule has 3 heteroatoms. The van der Waals surface area contributed by atoms with Crippen LogP contribution in [0.5, 0.6) is 0 Å². The Morgan fingerprint density at radius 1 is 1.31 bits per heavy atom. The summed E-state index contributed by atoms with van der Waals surface area (Å²) in [5, 5.41) is 0. The summed E-state index contributed by atoms with van der Waals surface area (Å²) in [6, 6.07) is 0.966. The van der Waals surface area contributed by atoms with E-state index >= 15 is 0 Å². The maximum Gasteiger partial charge on any atom is 0.0730 e. The molecule has 0 amide bonds. The van der Waals surface area contributed by atoms with Gasteiger partial charge in [0.15, 0.2) is 0 Å². The molecule has 94 valence electrons. The van der Waals surface area contributed by atoms with E-state index in [0.29, 0.717) is 24.1 Å². The molecule has 1 aliphatic heterocycles. The minimum atomic E-state index is 0.296. The third-order valence-electron chi connectivity index (χ3n) is 4.27. The second-order valence-electron chi connectivity index (χ2n) is 5.59. The van der Waals surface area contributed by atoms with Crippen molar-refractivity contribution in [2.75, 3.05) is 19.7 Å². The summed E-state index contributed by atoms with van der Waals surface area (Å²) >= 11 is 0. The van der Waals surface area contributed by atoms with E-state index in [-0.39, 0.29) is 0 Å². The van der Waals surface area contributed by atoms with Crippen molar-refractivity contribution in [1.29, 1.82) is 0 Å². The molecule has 0 spiro atoms. The number of nitrogens with two attached hydrogens (primary N) is 1. The minimum Gasteiger partial charge on any atom is -0.375 e. The van der Waals surface area contributed by atoms with E-state index in [9.17, 15) is 0 Å². The van der Waals surface area contributed by atoms with Crippen molar-refractivity contribution in [3.8, 4) is 0 Å². The average molecular weight is 226 g/mol. The second-order valence-corrected chi connectivity index (χ2v) is 5.59. The summed E-state index contributed by atoms with van der Waals surface area (Å²) in [7, 11) is 0. The molecule has 0 radical (unpaired) electrons. The smallest absolute Gasteiger partial charge is 0.0730 e. The summed E-state index contributed by atoms with van der Waals surface area (Å²) in [5.41, 5.74) is 5.96. The SMILES string of the molecule is CC(N)C(C)CN1CCOC2CCCCC21. The Bertz CT molecular complexity index is 218. The lowest BCUT2D eigenvalue weighted by molar-refractivity contribution is -0.0919. The molecule has 0 aromatic heterocycles. The molecule has 0 aromatic rings. The highest BCUT2D eigenvalue weighted by molar-refractivity contribution is 4.88. The number of ether oxygens (including phenoxy) is 1. The molecule has 1 heterocycles. The molecule has 1 saturated carbocycles. The molecule has 2 rings (SSSR count). The van der Waals surface area contributed by atoms with Gasteiger partial charge in [-0.25, -0.2) is 0 Å². The van der Waals surface area contributed by atoms with Gasteiger partial charge in [0.2, 0.25) is 0 Å². The van der Waals surface area contributed by atoms with Gasteiger partial charge in [-0.05, 0) is 25.7 Å². The van der Waals surface area contributed by atoms with Gasteiger partial charge in [-0.15, -0.1) is 0 Å². The van der Waals surface area contributed by atoms with Gasteiger partial charge in [-0.2, -0.15) is 0 Å². The molecule has 2 aliphatic rings. The Morgan fingerprint density at radius 2 is 2.06 bits per heavy atom. The van der Waals surface area contributed by atoms with Gasteiger partial charge in [0.05, 0.1) is 12.7 Å². The average Bonchev–Trinajstić information content (AvgIpc) is 2.29. The van der Waals surface area contributed by atoms with Crippen LogP contribution in [-0.2, 0) is 4.74 Å². The van der Waals surface area contributed by atoms with Crippen molar-refractivity contribution in [2.24, 2.45) is 11.7 Å². The number of nitrogens with zero attached hydrogens (tertiary/aromatic N) is 1. The van der Waals surface area contributed by atoms with Gasteiger partial charge >= 0.3 is 0 Å². The van der Waals surface area contributed by atoms with Crippen LogP contribution in [0.15, 0.2) is 0 Å². The standard InChI is InChI=1S/C13H26N2O/c1-10(11(2)14)9-15-7-8-16-13-6-4-3-5-12(13)15/h10-13H,3-9,14H2,1-2H3. The molecule has 2 fully saturated rings. The third kappa shape index (κ3) is 2.76.